The van der Waals surface area contributed by atoms with E-state index in [-0.39, 0.29) is 24.2 Å². The number of benzene rings is 1. The van der Waals surface area contributed by atoms with Gasteiger partial charge in [0.1, 0.15) is 5.54 Å². The van der Waals surface area contributed by atoms with E-state index in [0.717, 1.165) is 11.1 Å². The van der Waals surface area contributed by atoms with Crippen LogP contribution in [0, 0.1) is 10.1 Å². The van der Waals surface area contributed by atoms with E-state index in [1.54, 1.807) is 61.2 Å². The van der Waals surface area contributed by atoms with Crippen molar-refractivity contribution in [1.82, 2.24) is 15.3 Å². The predicted octanol–water partition coefficient (Wildman–Crippen LogP) is 2.10. The van der Waals surface area contributed by atoms with Gasteiger partial charge in [-0.2, -0.15) is 0 Å². The average Bonchev–Trinajstić information content (AvgIpc) is 2.72. The molecule has 0 saturated heterocycles. The second-order valence-electron chi connectivity index (χ2n) is 6.29. The van der Waals surface area contributed by atoms with Crippen molar-refractivity contribution in [2.45, 2.75) is 18.5 Å². The number of nitrogens with two attached hydrogens (primary N) is 1. The highest BCUT2D eigenvalue weighted by atomic mass is 16.6. The minimum absolute atomic E-state index is 0.135. The van der Waals surface area contributed by atoms with Gasteiger partial charge in [0, 0.05) is 43.8 Å². The quantitative estimate of drug-likeness (QED) is 0.458. The summed E-state index contributed by atoms with van der Waals surface area (Å²) in [5.74, 6) is -0.706. The van der Waals surface area contributed by atoms with Gasteiger partial charge in [0.05, 0.1) is 10.5 Å². The standard InChI is InChI=1S/C20H19N5O3/c21-19(26)20(12-15-7-10-22-11-8-15,24-14-16-4-3-9-23-13-16)17-5-1-2-6-18(17)25(27)28/h1-11,13,24H,12,14H2,(H2,21,26). The van der Waals surface area contributed by atoms with Gasteiger partial charge < -0.3 is 5.73 Å². The Labute approximate surface area is 161 Å². The lowest BCUT2D eigenvalue weighted by Crippen LogP contribution is -2.54. The first-order chi connectivity index (χ1) is 13.5. The molecule has 2 heterocycles. The molecule has 0 saturated carbocycles. The van der Waals surface area contributed by atoms with Crippen molar-refractivity contribution in [3.8, 4) is 0 Å². The van der Waals surface area contributed by atoms with Gasteiger partial charge in [0.2, 0.25) is 5.91 Å². The lowest BCUT2D eigenvalue weighted by Gasteiger charge is -2.32. The van der Waals surface area contributed by atoms with Crippen molar-refractivity contribution >= 4 is 11.6 Å². The normalized spacial score (nSPS) is 12.9. The molecule has 2 aromatic heterocycles. The fraction of sp³-hybridized carbons (Fsp3) is 0.150. The lowest BCUT2D eigenvalue weighted by atomic mass is 9.82. The van der Waals surface area contributed by atoms with Crippen LogP contribution >= 0.6 is 0 Å². The third kappa shape index (κ3) is 4.02. The molecule has 0 aliphatic heterocycles. The van der Waals surface area contributed by atoms with Gasteiger partial charge in [0.15, 0.2) is 0 Å². The Kier molecular flexibility index (Phi) is 5.71. The molecule has 0 aliphatic rings. The van der Waals surface area contributed by atoms with Gasteiger partial charge in [0.25, 0.3) is 5.69 Å². The summed E-state index contributed by atoms with van der Waals surface area (Å²) in [4.78, 5) is 31.9. The summed E-state index contributed by atoms with van der Waals surface area (Å²) < 4.78 is 0. The maximum Gasteiger partial charge on any atom is 0.275 e. The number of rotatable bonds is 8. The summed E-state index contributed by atoms with van der Waals surface area (Å²) >= 11 is 0. The molecular weight excluding hydrogens is 358 g/mol. The van der Waals surface area contributed by atoms with Crippen LogP contribution in [-0.4, -0.2) is 20.8 Å². The van der Waals surface area contributed by atoms with E-state index >= 15 is 0 Å². The van der Waals surface area contributed by atoms with Crippen LogP contribution in [-0.2, 0) is 23.3 Å². The van der Waals surface area contributed by atoms with Crippen molar-refractivity contribution in [3.05, 3.63) is 100 Å². The number of nitro benzene ring substituents is 1. The summed E-state index contributed by atoms with van der Waals surface area (Å²) in [6, 6.07) is 13.2. The van der Waals surface area contributed by atoms with Crippen LogP contribution in [0.4, 0.5) is 5.69 Å². The second-order valence-corrected chi connectivity index (χ2v) is 6.29. The first-order valence-corrected chi connectivity index (χ1v) is 8.59. The zero-order chi connectivity index (χ0) is 20.0. The van der Waals surface area contributed by atoms with Gasteiger partial charge in [-0.15, -0.1) is 0 Å². The first kappa shape index (κ1) is 19.1. The van der Waals surface area contributed by atoms with Crippen LogP contribution in [0.25, 0.3) is 0 Å². The van der Waals surface area contributed by atoms with Crippen LogP contribution in [0.3, 0.4) is 0 Å². The van der Waals surface area contributed by atoms with Crippen molar-refractivity contribution in [2.24, 2.45) is 5.73 Å². The molecule has 1 atom stereocenters. The van der Waals surface area contributed by atoms with E-state index in [0.29, 0.717) is 0 Å². The molecule has 3 N–H and O–H groups in total. The Hall–Kier alpha value is -3.65. The number of nitro groups is 1. The van der Waals surface area contributed by atoms with Gasteiger partial charge in [-0.25, -0.2) is 0 Å². The number of hydrogen-bond acceptors (Lipinski definition) is 6. The summed E-state index contributed by atoms with van der Waals surface area (Å²) in [7, 11) is 0. The molecule has 1 unspecified atom stereocenters. The van der Waals surface area contributed by atoms with Crippen molar-refractivity contribution in [2.75, 3.05) is 0 Å². The molecule has 0 radical (unpaired) electrons. The fourth-order valence-electron chi connectivity index (χ4n) is 3.12. The summed E-state index contributed by atoms with van der Waals surface area (Å²) in [6.07, 6.45) is 6.63. The Morgan fingerprint density at radius 3 is 2.43 bits per heavy atom. The molecule has 0 spiro atoms. The minimum atomic E-state index is -1.49. The van der Waals surface area contributed by atoms with E-state index in [1.807, 2.05) is 6.07 Å². The predicted molar refractivity (Wildman–Crippen MR) is 103 cm³/mol. The van der Waals surface area contributed by atoms with E-state index < -0.39 is 16.4 Å². The Morgan fingerprint density at radius 1 is 1.04 bits per heavy atom. The topological polar surface area (TPSA) is 124 Å². The van der Waals surface area contributed by atoms with Crippen molar-refractivity contribution in [1.29, 1.82) is 0 Å². The van der Waals surface area contributed by atoms with E-state index in [4.69, 9.17) is 5.73 Å². The van der Waals surface area contributed by atoms with Gasteiger partial charge in [-0.05, 0) is 35.4 Å². The van der Waals surface area contributed by atoms with Crippen molar-refractivity contribution in [3.63, 3.8) is 0 Å². The highest BCUT2D eigenvalue weighted by Crippen LogP contribution is 2.33. The van der Waals surface area contributed by atoms with Crippen molar-refractivity contribution < 1.29 is 9.72 Å². The third-order valence-corrected chi connectivity index (χ3v) is 4.52. The zero-order valence-electron chi connectivity index (χ0n) is 15.0. The molecular formula is C20H19N5O3. The molecule has 3 aromatic rings. The maximum absolute atomic E-state index is 12.7. The Bertz CT molecular complexity index is 966. The molecule has 0 aliphatic carbocycles. The minimum Gasteiger partial charge on any atom is -0.368 e. The Morgan fingerprint density at radius 2 is 1.79 bits per heavy atom. The van der Waals surface area contributed by atoms with Gasteiger partial charge in [-0.3, -0.25) is 30.2 Å². The lowest BCUT2D eigenvalue weighted by molar-refractivity contribution is -0.386. The van der Waals surface area contributed by atoms with E-state index in [2.05, 4.69) is 15.3 Å². The van der Waals surface area contributed by atoms with Crippen LogP contribution < -0.4 is 11.1 Å². The van der Waals surface area contributed by atoms with Crippen LogP contribution in [0.2, 0.25) is 0 Å². The second kappa shape index (κ2) is 8.36. The maximum atomic E-state index is 12.7. The first-order valence-electron chi connectivity index (χ1n) is 8.59. The molecule has 3 rings (SSSR count). The number of pyridine rings is 2. The monoisotopic (exact) mass is 377 g/mol. The number of amides is 1. The van der Waals surface area contributed by atoms with Gasteiger partial charge >= 0.3 is 0 Å². The Balaban J connectivity index is 2.10. The number of aromatic nitrogens is 2. The summed E-state index contributed by atoms with van der Waals surface area (Å²) in [6.45, 7) is 0.258. The highest BCUT2D eigenvalue weighted by Gasteiger charge is 2.43. The molecule has 0 fully saturated rings. The fourth-order valence-corrected chi connectivity index (χ4v) is 3.12. The van der Waals surface area contributed by atoms with Crippen LogP contribution in [0.5, 0.6) is 0 Å². The SMILES string of the molecule is NC(=O)C(Cc1ccncc1)(NCc1cccnc1)c1ccccc1[N+](=O)[O-]. The number of nitrogens with one attached hydrogen (secondary N) is 1. The van der Waals surface area contributed by atoms with E-state index in [9.17, 15) is 14.9 Å². The summed E-state index contributed by atoms with van der Waals surface area (Å²) in [5, 5.41) is 14.8. The molecule has 8 nitrogen and oxygen atoms in total. The molecule has 142 valence electrons. The number of carbonyl (C=O) groups is 1. The van der Waals surface area contributed by atoms with E-state index in [1.165, 1.54) is 6.07 Å². The molecule has 28 heavy (non-hydrogen) atoms. The number of para-hydroxylation sites is 1. The molecule has 1 amide bonds. The number of carbonyl (C=O) groups excluding carboxylic acids is 1. The number of nitrogens with zero attached hydrogens (tertiary/aromatic N) is 3. The molecule has 1 aromatic carbocycles. The van der Waals surface area contributed by atoms with Crippen LogP contribution in [0.1, 0.15) is 16.7 Å². The third-order valence-electron chi connectivity index (χ3n) is 4.52. The highest BCUT2D eigenvalue weighted by molar-refractivity contribution is 5.88. The smallest absolute Gasteiger partial charge is 0.275 e. The van der Waals surface area contributed by atoms with Crippen LogP contribution in [0.15, 0.2) is 73.3 Å². The summed E-state index contributed by atoms with van der Waals surface area (Å²) in [5.41, 5.74) is 5.98. The van der Waals surface area contributed by atoms with Gasteiger partial charge in [-0.1, -0.05) is 18.2 Å². The molecule has 0 bridgehead atoms. The number of primary amides is 1. The number of hydrogen-bond donors (Lipinski definition) is 2. The molecule has 8 heteroatoms. The zero-order valence-corrected chi connectivity index (χ0v) is 15.0. The largest absolute Gasteiger partial charge is 0.368 e. The average molecular weight is 377 g/mol.